The largest absolute Gasteiger partial charge is 0.494 e. The minimum absolute atomic E-state index is 0.0356. The predicted octanol–water partition coefficient (Wildman–Crippen LogP) is 3.86. The fraction of sp³-hybridized carbons (Fsp3) is 0.350. The molecule has 2 aromatic rings. The number of carbonyl (C=O) groups excluding carboxylic acids is 1. The molecular formula is C20H22F4N2O2. The molecular weight excluding hydrogens is 376 g/mol. The second-order valence-corrected chi connectivity index (χ2v) is 6.33. The van der Waals surface area contributed by atoms with Gasteiger partial charge >= 0.3 is 6.18 Å². The first-order valence-corrected chi connectivity index (χ1v) is 8.74. The molecule has 0 aliphatic rings. The number of benzene rings is 2. The highest BCUT2D eigenvalue weighted by Gasteiger charge is 2.33. The minimum Gasteiger partial charge on any atom is -0.494 e. The maximum atomic E-state index is 13.1. The number of alkyl halides is 3. The molecule has 0 atom stereocenters. The van der Waals surface area contributed by atoms with Crippen molar-refractivity contribution in [2.75, 3.05) is 26.7 Å². The van der Waals surface area contributed by atoms with Gasteiger partial charge in [0.05, 0.1) is 18.7 Å². The topological polar surface area (TPSA) is 41.6 Å². The van der Waals surface area contributed by atoms with E-state index in [9.17, 15) is 22.4 Å². The van der Waals surface area contributed by atoms with Crippen molar-refractivity contribution in [1.29, 1.82) is 0 Å². The van der Waals surface area contributed by atoms with E-state index in [1.807, 2.05) is 30.3 Å². The van der Waals surface area contributed by atoms with E-state index >= 15 is 0 Å². The fourth-order valence-electron chi connectivity index (χ4n) is 2.58. The fourth-order valence-corrected chi connectivity index (χ4v) is 2.58. The number of hydrogen-bond donors (Lipinski definition) is 1. The number of carbonyl (C=O) groups is 1. The third-order valence-electron chi connectivity index (χ3n) is 3.96. The lowest BCUT2D eigenvalue weighted by Crippen LogP contribution is -2.36. The lowest BCUT2D eigenvalue weighted by atomic mass is 10.1. The summed E-state index contributed by atoms with van der Waals surface area (Å²) in [6.07, 6.45) is -3.99. The first kappa shape index (κ1) is 21.7. The molecule has 0 heterocycles. The monoisotopic (exact) mass is 398 g/mol. The van der Waals surface area contributed by atoms with Crippen LogP contribution in [0.4, 0.5) is 17.6 Å². The summed E-state index contributed by atoms with van der Waals surface area (Å²) in [7, 11) is 1.74. The van der Waals surface area contributed by atoms with Crippen LogP contribution in [0.2, 0.25) is 0 Å². The Bertz CT molecular complexity index is 767. The number of nitrogens with one attached hydrogen (secondary N) is 1. The lowest BCUT2D eigenvalue weighted by Gasteiger charge is -2.17. The molecule has 0 aliphatic carbocycles. The number of rotatable bonds is 9. The van der Waals surface area contributed by atoms with Crippen LogP contribution >= 0.6 is 0 Å². The Morgan fingerprint density at radius 3 is 2.54 bits per heavy atom. The Labute approximate surface area is 161 Å². The van der Waals surface area contributed by atoms with Crippen LogP contribution in [-0.2, 0) is 17.5 Å². The maximum absolute atomic E-state index is 13.1. The van der Waals surface area contributed by atoms with E-state index in [2.05, 4.69) is 5.32 Å². The Morgan fingerprint density at radius 1 is 1.14 bits per heavy atom. The van der Waals surface area contributed by atoms with E-state index in [0.717, 1.165) is 17.9 Å². The molecule has 0 unspecified atom stereocenters. The van der Waals surface area contributed by atoms with Crippen molar-refractivity contribution in [2.24, 2.45) is 0 Å². The Morgan fingerprint density at radius 2 is 1.86 bits per heavy atom. The molecule has 0 spiro atoms. The molecule has 0 fully saturated rings. The van der Waals surface area contributed by atoms with Gasteiger partial charge in [-0.2, -0.15) is 13.2 Å². The number of likely N-dealkylation sites (N-methyl/N-ethyl adjacent to an activating group) is 1. The molecule has 2 rings (SSSR count). The summed E-state index contributed by atoms with van der Waals surface area (Å²) in [4.78, 5) is 13.7. The lowest BCUT2D eigenvalue weighted by molar-refractivity contribution is -0.138. The van der Waals surface area contributed by atoms with Crippen molar-refractivity contribution < 1.29 is 27.1 Å². The molecule has 1 N–H and O–H groups in total. The van der Waals surface area contributed by atoms with Gasteiger partial charge in [-0.3, -0.25) is 9.69 Å². The van der Waals surface area contributed by atoms with E-state index < -0.39 is 23.5 Å². The van der Waals surface area contributed by atoms with Gasteiger partial charge in [0.2, 0.25) is 5.91 Å². The predicted molar refractivity (Wildman–Crippen MR) is 97.3 cm³/mol. The molecule has 28 heavy (non-hydrogen) atoms. The zero-order valence-corrected chi connectivity index (χ0v) is 15.4. The van der Waals surface area contributed by atoms with Crippen LogP contribution in [0.5, 0.6) is 5.75 Å². The summed E-state index contributed by atoms with van der Waals surface area (Å²) < 4.78 is 57.5. The van der Waals surface area contributed by atoms with E-state index in [-0.39, 0.29) is 18.7 Å². The summed E-state index contributed by atoms with van der Waals surface area (Å²) in [5.41, 5.74) is -1.26. The van der Waals surface area contributed by atoms with Gasteiger partial charge in [0, 0.05) is 13.1 Å². The van der Waals surface area contributed by atoms with Crippen LogP contribution in [-0.4, -0.2) is 37.6 Å². The molecule has 0 saturated carbocycles. The first-order chi connectivity index (χ1) is 13.3. The van der Waals surface area contributed by atoms with Crippen molar-refractivity contribution in [3.05, 3.63) is 65.5 Å². The SMILES string of the molecule is CN(CCCOc1ccccc1)CC(=O)NCc1ccc(F)cc1C(F)(F)F. The molecule has 0 aromatic heterocycles. The number of nitrogens with zero attached hydrogens (tertiary/aromatic N) is 1. The highest BCUT2D eigenvalue weighted by atomic mass is 19.4. The zero-order chi connectivity index (χ0) is 20.6. The quantitative estimate of drug-likeness (QED) is 0.515. The van der Waals surface area contributed by atoms with Crippen LogP contribution in [0, 0.1) is 5.82 Å². The molecule has 0 saturated heterocycles. The van der Waals surface area contributed by atoms with Crippen LogP contribution < -0.4 is 10.1 Å². The van der Waals surface area contributed by atoms with Gasteiger partial charge < -0.3 is 10.1 Å². The molecule has 0 bridgehead atoms. The van der Waals surface area contributed by atoms with Crippen LogP contribution in [0.1, 0.15) is 17.5 Å². The second-order valence-electron chi connectivity index (χ2n) is 6.33. The molecule has 152 valence electrons. The minimum atomic E-state index is -4.68. The van der Waals surface area contributed by atoms with E-state index in [0.29, 0.717) is 25.6 Å². The van der Waals surface area contributed by atoms with Crippen molar-refractivity contribution in [1.82, 2.24) is 10.2 Å². The van der Waals surface area contributed by atoms with E-state index in [4.69, 9.17) is 4.74 Å². The van der Waals surface area contributed by atoms with Gasteiger partial charge in [-0.1, -0.05) is 24.3 Å². The van der Waals surface area contributed by atoms with Crippen molar-refractivity contribution in [3.8, 4) is 5.75 Å². The number of ether oxygens (including phenoxy) is 1. The Hall–Kier alpha value is -2.61. The third kappa shape index (κ3) is 7.19. The average molecular weight is 398 g/mol. The number of hydrogen-bond acceptors (Lipinski definition) is 3. The summed E-state index contributed by atoms with van der Waals surface area (Å²) in [6.45, 7) is 0.790. The van der Waals surface area contributed by atoms with Gasteiger partial charge in [0.25, 0.3) is 0 Å². The van der Waals surface area contributed by atoms with Gasteiger partial charge in [-0.25, -0.2) is 4.39 Å². The Kier molecular flexibility index (Phi) is 7.80. The van der Waals surface area contributed by atoms with Crippen LogP contribution in [0.25, 0.3) is 0 Å². The molecule has 2 aromatic carbocycles. The third-order valence-corrected chi connectivity index (χ3v) is 3.96. The van der Waals surface area contributed by atoms with Crippen LogP contribution in [0.3, 0.4) is 0 Å². The normalized spacial score (nSPS) is 11.5. The highest BCUT2D eigenvalue weighted by molar-refractivity contribution is 5.78. The maximum Gasteiger partial charge on any atom is 0.416 e. The van der Waals surface area contributed by atoms with Crippen molar-refractivity contribution in [2.45, 2.75) is 19.1 Å². The summed E-state index contributed by atoms with van der Waals surface area (Å²) >= 11 is 0. The first-order valence-electron chi connectivity index (χ1n) is 8.74. The molecule has 4 nitrogen and oxygen atoms in total. The van der Waals surface area contributed by atoms with Crippen molar-refractivity contribution >= 4 is 5.91 Å². The second kappa shape index (κ2) is 10.1. The summed E-state index contributed by atoms with van der Waals surface area (Å²) in [5, 5.41) is 2.44. The zero-order valence-electron chi connectivity index (χ0n) is 15.4. The Balaban J connectivity index is 1.73. The van der Waals surface area contributed by atoms with E-state index in [1.165, 1.54) is 0 Å². The number of halogens is 4. The van der Waals surface area contributed by atoms with Gasteiger partial charge in [-0.15, -0.1) is 0 Å². The van der Waals surface area contributed by atoms with Crippen molar-refractivity contribution in [3.63, 3.8) is 0 Å². The highest BCUT2D eigenvalue weighted by Crippen LogP contribution is 2.32. The van der Waals surface area contributed by atoms with Gasteiger partial charge in [0.1, 0.15) is 11.6 Å². The smallest absolute Gasteiger partial charge is 0.416 e. The summed E-state index contributed by atoms with van der Waals surface area (Å²) in [5.74, 6) is -0.619. The average Bonchev–Trinajstić information content (AvgIpc) is 2.64. The molecule has 1 amide bonds. The molecule has 0 radical (unpaired) electrons. The molecule has 8 heteroatoms. The standard InChI is InChI=1S/C20H22F4N2O2/c1-26(10-5-11-28-17-6-3-2-4-7-17)14-19(27)25-13-15-8-9-16(21)12-18(15)20(22,23)24/h2-4,6-9,12H,5,10-11,13-14H2,1H3,(H,25,27). The van der Waals surface area contributed by atoms with Crippen LogP contribution in [0.15, 0.2) is 48.5 Å². The number of amides is 1. The van der Waals surface area contributed by atoms with Gasteiger partial charge in [0.15, 0.2) is 0 Å². The summed E-state index contributed by atoms with van der Waals surface area (Å²) in [6, 6.07) is 11.7. The molecule has 0 aliphatic heterocycles. The van der Waals surface area contributed by atoms with Gasteiger partial charge in [-0.05, 0) is 43.3 Å². The van der Waals surface area contributed by atoms with E-state index in [1.54, 1.807) is 11.9 Å². The number of para-hydroxylation sites is 1.